The zero-order valence-corrected chi connectivity index (χ0v) is 5.86. The van der Waals surface area contributed by atoms with Gasteiger partial charge < -0.3 is 0 Å². The molecule has 0 spiro atoms. The molecular weight excluding hydrogens is 124 g/mol. The van der Waals surface area contributed by atoms with Crippen molar-refractivity contribution in [2.75, 3.05) is 7.05 Å². The van der Waals surface area contributed by atoms with E-state index in [1.165, 1.54) is 5.71 Å². The van der Waals surface area contributed by atoms with Crippen molar-refractivity contribution in [3.8, 4) is 0 Å². The van der Waals surface area contributed by atoms with Gasteiger partial charge in [-0.1, -0.05) is 22.9 Å². The van der Waals surface area contributed by atoms with Gasteiger partial charge in [-0.3, -0.25) is 0 Å². The van der Waals surface area contributed by atoms with E-state index in [4.69, 9.17) is 0 Å². The van der Waals surface area contributed by atoms with Gasteiger partial charge in [-0.15, -0.1) is 0 Å². The predicted molar refractivity (Wildman–Crippen MR) is 41.5 cm³/mol. The Labute approximate surface area is 59.9 Å². The molecule has 10 heavy (non-hydrogen) atoms. The largest absolute Gasteiger partial charge is 0.220 e. The van der Waals surface area contributed by atoms with Crippen LogP contribution in [0, 0.1) is 5.92 Å². The number of rotatable bonds is 0. The van der Waals surface area contributed by atoms with E-state index in [-0.39, 0.29) is 0 Å². The molecule has 0 saturated heterocycles. The summed E-state index contributed by atoms with van der Waals surface area (Å²) in [6.45, 7) is 0. The third-order valence-corrected chi connectivity index (χ3v) is 1.81. The first-order valence-corrected chi connectivity index (χ1v) is 3.37. The summed E-state index contributed by atoms with van der Waals surface area (Å²) in [5.74, 6) is 0.426. The van der Waals surface area contributed by atoms with E-state index in [0.717, 1.165) is 0 Å². The summed E-state index contributed by atoms with van der Waals surface area (Å²) in [4.78, 5) is 0. The Hall–Kier alpha value is -1.18. The van der Waals surface area contributed by atoms with Gasteiger partial charge in [-0.25, -0.2) is 0 Å². The van der Waals surface area contributed by atoms with Crippen LogP contribution in [-0.4, -0.2) is 23.7 Å². The van der Waals surface area contributed by atoms with E-state index < -0.39 is 0 Å². The lowest BCUT2D eigenvalue weighted by atomic mass is 10.0. The molecule has 0 aromatic rings. The van der Waals surface area contributed by atoms with Gasteiger partial charge in [0.2, 0.25) is 5.71 Å². The minimum atomic E-state index is 0.426. The van der Waals surface area contributed by atoms with Gasteiger partial charge in [-0.05, 0) is 5.10 Å². The highest BCUT2D eigenvalue weighted by Crippen LogP contribution is 2.10. The van der Waals surface area contributed by atoms with Crippen LogP contribution in [-0.2, 0) is 0 Å². The van der Waals surface area contributed by atoms with E-state index in [9.17, 15) is 0 Å². The van der Waals surface area contributed by atoms with Crippen LogP contribution in [0.1, 0.15) is 0 Å². The topological polar surface area (TPSA) is 15.4 Å². The van der Waals surface area contributed by atoms with Crippen molar-refractivity contribution in [3.63, 3.8) is 0 Å². The highest BCUT2D eigenvalue weighted by molar-refractivity contribution is 6.06. The third-order valence-electron chi connectivity index (χ3n) is 1.81. The van der Waals surface area contributed by atoms with Crippen LogP contribution >= 0.6 is 0 Å². The summed E-state index contributed by atoms with van der Waals surface area (Å²) in [5, 5.41) is 4.15. The Morgan fingerprint density at radius 2 is 2.40 bits per heavy atom. The highest BCUT2D eigenvalue weighted by Gasteiger charge is 2.24. The summed E-state index contributed by atoms with van der Waals surface area (Å²) < 4.78 is 1.91. The number of hydrogen-bond acceptors (Lipinski definition) is 1. The predicted octanol–water partition coefficient (Wildman–Crippen LogP) is 0.811. The average molecular weight is 133 g/mol. The van der Waals surface area contributed by atoms with Crippen molar-refractivity contribution in [1.82, 2.24) is 0 Å². The van der Waals surface area contributed by atoms with Crippen molar-refractivity contribution in [2.45, 2.75) is 0 Å². The van der Waals surface area contributed by atoms with Crippen molar-refractivity contribution in [1.29, 1.82) is 0 Å². The summed E-state index contributed by atoms with van der Waals surface area (Å²) in [7, 11) is 1.97. The molecule has 2 rings (SSSR count). The van der Waals surface area contributed by atoms with E-state index in [1.807, 2.05) is 24.0 Å². The first-order chi connectivity index (χ1) is 4.88. The van der Waals surface area contributed by atoms with E-state index in [0.29, 0.717) is 5.92 Å². The van der Waals surface area contributed by atoms with Crippen molar-refractivity contribution in [2.24, 2.45) is 11.0 Å². The maximum atomic E-state index is 4.15. The number of fused-ring (bicyclic) bond motifs is 1. The molecule has 0 bridgehead atoms. The highest BCUT2D eigenvalue weighted by atomic mass is 15.4. The zero-order chi connectivity index (χ0) is 6.97. The Balaban J connectivity index is 2.46. The summed E-state index contributed by atoms with van der Waals surface area (Å²) in [6.07, 6.45) is 10.3. The number of hydrogen-bond donors (Lipinski definition) is 0. The summed E-state index contributed by atoms with van der Waals surface area (Å²) >= 11 is 0. The first-order valence-electron chi connectivity index (χ1n) is 3.37. The van der Waals surface area contributed by atoms with Crippen LogP contribution in [0.5, 0.6) is 0 Å². The van der Waals surface area contributed by atoms with Crippen LogP contribution in [0.4, 0.5) is 0 Å². The maximum Gasteiger partial charge on any atom is 0.220 e. The fraction of sp³-hybridized carbons (Fsp3) is 0.250. The van der Waals surface area contributed by atoms with Crippen LogP contribution in [0.3, 0.4) is 0 Å². The Bertz CT molecular complexity index is 269. The van der Waals surface area contributed by atoms with Gasteiger partial charge in [0.25, 0.3) is 0 Å². The second-order valence-electron chi connectivity index (χ2n) is 2.48. The monoisotopic (exact) mass is 133 g/mol. The SMILES string of the molecule is C[N+]1=C2C=CC=CC2C=N1. The van der Waals surface area contributed by atoms with Gasteiger partial charge >= 0.3 is 0 Å². The molecule has 50 valence electrons. The number of hydrazone groups is 1. The standard InChI is InChI=1S/C8H9N2/c1-10-8-5-3-2-4-7(8)6-9-10/h2-7H,1H3/q+1. The Kier molecular flexibility index (Phi) is 1.07. The van der Waals surface area contributed by atoms with Gasteiger partial charge in [0, 0.05) is 6.08 Å². The lowest BCUT2D eigenvalue weighted by molar-refractivity contribution is -0.498. The molecule has 2 nitrogen and oxygen atoms in total. The average Bonchev–Trinajstić information content (AvgIpc) is 2.34. The van der Waals surface area contributed by atoms with E-state index in [2.05, 4.69) is 23.3 Å². The third kappa shape index (κ3) is 0.652. The molecule has 0 amide bonds. The molecule has 1 aliphatic heterocycles. The Morgan fingerprint density at radius 3 is 3.20 bits per heavy atom. The van der Waals surface area contributed by atoms with E-state index >= 15 is 0 Å². The quantitative estimate of drug-likeness (QED) is 0.434. The molecule has 0 aromatic heterocycles. The molecule has 1 heterocycles. The fourth-order valence-corrected chi connectivity index (χ4v) is 1.24. The van der Waals surface area contributed by atoms with Crippen LogP contribution in [0.2, 0.25) is 0 Å². The zero-order valence-electron chi connectivity index (χ0n) is 5.86. The van der Waals surface area contributed by atoms with Gasteiger partial charge in [0.05, 0.1) is 6.21 Å². The molecular formula is C8H9N2+. The molecule has 0 radical (unpaired) electrons. The molecule has 1 atom stereocenters. The molecule has 0 saturated carbocycles. The second kappa shape index (κ2) is 1.90. The van der Waals surface area contributed by atoms with Crippen molar-refractivity contribution in [3.05, 3.63) is 24.3 Å². The van der Waals surface area contributed by atoms with Crippen LogP contribution < -0.4 is 0 Å². The van der Waals surface area contributed by atoms with Gasteiger partial charge in [0.1, 0.15) is 5.92 Å². The Morgan fingerprint density at radius 1 is 1.50 bits per heavy atom. The van der Waals surface area contributed by atoms with Crippen LogP contribution in [0.25, 0.3) is 0 Å². The second-order valence-corrected chi connectivity index (χ2v) is 2.48. The normalized spacial score (nSPS) is 27.9. The molecule has 2 aliphatic rings. The van der Waals surface area contributed by atoms with E-state index in [1.54, 1.807) is 0 Å². The minimum absolute atomic E-state index is 0.426. The van der Waals surface area contributed by atoms with Crippen molar-refractivity contribution < 1.29 is 4.68 Å². The maximum absolute atomic E-state index is 4.15. The molecule has 0 fully saturated rings. The van der Waals surface area contributed by atoms with Gasteiger partial charge in [0.15, 0.2) is 7.05 Å². The number of nitrogens with zero attached hydrogens (tertiary/aromatic N) is 2. The first kappa shape index (κ1) is 5.59. The summed E-state index contributed by atoms with van der Waals surface area (Å²) in [5.41, 5.74) is 1.27. The van der Waals surface area contributed by atoms with Crippen molar-refractivity contribution >= 4 is 11.9 Å². The number of allylic oxidation sites excluding steroid dienone is 4. The smallest absolute Gasteiger partial charge is 0.0905 e. The summed E-state index contributed by atoms with van der Waals surface area (Å²) in [6, 6.07) is 0. The fourth-order valence-electron chi connectivity index (χ4n) is 1.24. The molecule has 1 aliphatic carbocycles. The molecule has 0 N–H and O–H groups in total. The molecule has 1 unspecified atom stereocenters. The lowest BCUT2D eigenvalue weighted by Gasteiger charge is -1.98. The van der Waals surface area contributed by atoms with Crippen LogP contribution in [0.15, 0.2) is 29.4 Å². The minimum Gasteiger partial charge on any atom is -0.0905 e. The molecule has 0 aromatic carbocycles. The van der Waals surface area contributed by atoms with Gasteiger partial charge in [-0.2, -0.15) is 0 Å². The lowest BCUT2D eigenvalue weighted by Crippen LogP contribution is -2.14. The molecule has 2 heteroatoms.